The summed E-state index contributed by atoms with van der Waals surface area (Å²) in [6, 6.07) is 19.2. The Morgan fingerprint density at radius 2 is 1.14 bits per heavy atom. The van der Waals surface area contributed by atoms with Crippen molar-refractivity contribution in [2.24, 2.45) is 0 Å². The molecule has 112 valence electrons. The van der Waals surface area contributed by atoms with E-state index < -0.39 is 0 Å². The Balaban J connectivity index is 1.51. The molecular weight excluding hydrogens is 256 g/mol. The van der Waals surface area contributed by atoms with Crippen molar-refractivity contribution in [3.8, 4) is 5.75 Å². The Bertz CT molecular complexity index is 487. The van der Waals surface area contributed by atoms with Gasteiger partial charge in [-0.3, -0.25) is 0 Å². The average Bonchev–Trinajstić information content (AvgIpc) is 2.55. The molecule has 1 nitrogen and oxygen atoms in total. The number of methoxy groups -OCH3 is 1. The van der Waals surface area contributed by atoms with Gasteiger partial charge in [0, 0.05) is 0 Å². The van der Waals surface area contributed by atoms with Crippen LogP contribution in [0.15, 0.2) is 54.6 Å². The van der Waals surface area contributed by atoms with E-state index in [1.807, 2.05) is 0 Å². The first-order valence-corrected chi connectivity index (χ1v) is 8.05. The molecule has 0 bridgehead atoms. The fraction of sp³-hybridized carbons (Fsp3) is 0.400. The van der Waals surface area contributed by atoms with Gasteiger partial charge in [0.15, 0.2) is 0 Å². The van der Waals surface area contributed by atoms with Crippen molar-refractivity contribution in [3.63, 3.8) is 0 Å². The molecule has 0 amide bonds. The van der Waals surface area contributed by atoms with Crippen LogP contribution in [0.5, 0.6) is 5.75 Å². The molecule has 0 aliphatic rings. The molecule has 0 aliphatic carbocycles. The van der Waals surface area contributed by atoms with Crippen LogP contribution in [0.1, 0.15) is 43.2 Å². The van der Waals surface area contributed by atoms with Gasteiger partial charge < -0.3 is 4.74 Å². The Morgan fingerprint density at radius 1 is 0.619 bits per heavy atom. The summed E-state index contributed by atoms with van der Waals surface area (Å²) in [5, 5.41) is 0. The van der Waals surface area contributed by atoms with Gasteiger partial charge in [0.2, 0.25) is 0 Å². The Hall–Kier alpha value is -1.76. The number of ether oxygens (including phenoxy) is 1. The molecule has 1 heteroatoms. The number of hydrogen-bond donors (Lipinski definition) is 0. The van der Waals surface area contributed by atoms with E-state index in [4.69, 9.17) is 4.74 Å². The van der Waals surface area contributed by atoms with E-state index in [-0.39, 0.29) is 0 Å². The van der Waals surface area contributed by atoms with Crippen molar-refractivity contribution >= 4 is 0 Å². The first-order valence-electron chi connectivity index (χ1n) is 8.05. The van der Waals surface area contributed by atoms with Crippen LogP contribution in [0.4, 0.5) is 0 Å². The molecule has 0 radical (unpaired) electrons. The fourth-order valence-corrected chi connectivity index (χ4v) is 2.63. The van der Waals surface area contributed by atoms with Gasteiger partial charge in [0.1, 0.15) is 5.75 Å². The van der Waals surface area contributed by atoms with Crippen LogP contribution in [-0.4, -0.2) is 7.11 Å². The van der Waals surface area contributed by atoms with Gasteiger partial charge in [-0.05, 0) is 48.9 Å². The van der Waals surface area contributed by atoms with Crippen LogP contribution >= 0.6 is 0 Å². The van der Waals surface area contributed by atoms with Crippen LogP contribution in [0.2, 0.25) is 0 Å². The normalized spacial score (nSPS) is 10.5. The summed E-state index contributed by atoms with van der Waals surface area (Å²) >= 11 is 0. The fourth-order valence-electron chi connectivity index (χ4n) is 2.63. The molecule has 0 spiro atoms. The summed E-state index contributed by atoms with van der Waals surface area (Å²) in [6.07, 6.45) is 9.04. The lowest BCUT2D eigenvalue weighted by Gasteiger charge is -2.04. The number of benzene rings is 2. The SMILES string of the molecule is COc1ccc(CCCCCCCc2ccccc2)cc1. The van der Waals surface area contributed by atoms with Gasteiger partial charge >= 0.3 is 0 Å². The highest BCUT2D eigenvalue weighted by Gasteiger charge is 1.96. The molecule has 2 rings (SSSR count). The van der Waals surface area contributed by atoms with E-state index in [2.05, 4.69) is 54.6 Å². The summed E-state index contributed by atoms with van der Waals surface area (Å²) < 4.78 is 5.18. The van der Waals surface area contributed by atoms with Gasteiger partial charge in [0.05, 0.1) is 7.11 Å². The zero-order chi connectivity index (χ0) is 14.8. The zero-order valence-electron chi connectivity index (χ0n) is 13.1. The molecule has 0 saturated carbocycles. The van der Waals surface area contributed by atoms with E-state index >= 15 is 0 Å². The van der Waals surface area contributed by atoms with Crippen LogP contribution < -0.4 is 4.74 Å². The highest BCUT2D eigenvalue weighted by Crippen LogP contribution is 2.14. The third-order valence-electron chi connectivity index (χ3n) is 3.93. The highest BCUT2D eigenvalue weighted by molar-refractivity contribution is 5.27. The molecule has 0 aromatic heterocycles. The van der Waals surface area contributed by atoms with Crippen molar-refractivity contribution in [2.75, 3.05) is 7.11 Å². The smallest absolute Gasteiger partial charge is 0.118 e. The topological polar surface area (TPSA) is 9.23 Å². The van der Waals surface area contributed by atoms with Gasteiger partial charge in [-0.1, -0.05) is 61.7 Å². The van der Waals surface area contributed by atoms with Crippen molar-refractivity contribution < 1.29 is 4.74 Å². The summed E-state index contributed by atoms with van der Waals surface area (Å²) in [7, 11) is 1.71. The van der Waals surface area contributed by atoms with Crippen LogP contribution in [0.25, 0.3) is 0 Å². The molecular formula is C20H26O. The monoisotopic (exact) mass is 282 g/mol. The lowest BCUT2D eigenvalue weighted by atomic mass is 10.0. The molecule has 0 N–H and O–H groups in total. The molecule has 21 heavy (non-hydrogen) atoms. The quantitative estimate of drug-likeness (QED) is 0.557. The second-order valence-electron chi connectivity index (χ2n) is 5.60. The van der Waals surface area contributed by atoms with Gasteiger partial charge in [-0.15, -0.1) is 0 Å². The maximum atomic E-state index is 5.18. The van der Waals surface area contributed by atoms with Crippen molar-refractivity contribution in [2.45, 2.75) is 44.9 Å². The van der Waals surface area contributed by atoms with E-state index in [9.17, 15) is 0 Å². The minimum absolute atomic E-state index is 0.944. The van der Waals surface area contributed by atoms with Crippen molar-refractivity contribution in [1.82, 2.24) is 0 Å². The second-order valence-corrected chi connectivity index (χ2v) is 5.60. The molecule has 0 heterocycles. The molecule has 0 atom stereocenters. The largest absolute Gasteiger partial charge is 0.497 e. The summed E-state index contributed by atoms with van der Waals surface area (Å²) in [5.41, 5.74) is 2.89. The number of unbranched alkanes of at least 4 members (excludes halogenated alkanes) is 4. The van der Waals surface area contributed by atoms with E-state index in [0.29, 0.717) is 0 Å². The molecule has 2 aromatic carbocycles. The first-order chi connectivity index (χ1) is 10.4. The van der Waals surface area contributed by atoms with E-state index in [1.165, 1.54) is 56.1 Å². The minimum Gasteiger partial charge on any atom is -0.497 e. The van der Waals surface area contributed by atoms with Crippen LogP contribution in [0.3, 0.4) is 0 Å². The zero-order valence-corrected chi connectivity index (χ0v) is 13.1. The third-order valence-corrected chi connectivity index (χ3v) is 3.93. The molecule has 0 fully saturated rings. The maximum absolute atomic E-state index is 5.18. The third kappa shape index (κ3) is 6.03. The van der Waals surface area contributed by atoms with Crippen molar-refractivity contribution in [3.05, 3.63) is 65.7 Å². The van der Waals surface area contributed by atoms with E-state index in [0.717, 1.165) is 5.75 Å². The van der Waals surface area contributed by atoms with Gasteiger partial charge in [-0.2, -0.15) is 0 Å². The maximum Gasteiger partial charge on any atom is 0.118 e. The van der Waals surface area contributed by atoms with Gasteiger partial charge in [-0.25, -0.2) is 0 Å². The number of rotatable bonds is 9. The Labute approximate surface area is 129 Å². The minimum atomic E-state index is 0.944. The van der Waals surface area contributed by atoms with Crippen LogP contribution in [0, 0.1) is 0 Å². The standard InChI is InChI=1S/C20H26O/c1-21-20-16-14-19(15-17-20)13-7-4-2-3-6-10-18-11-8-5-9-12-18/h5,8-9,11-12,14-17H,2-4,6-7,10,13H2,1H3. The summed E-state index contributed by atoms with van der Waals surface area (Å²) in [5.74, 6) is 0.944. The molecule has 0 unspecified atom stereocenters. The van der Waals surface area contributed by atoms with Crippen LogP contribution in [-0.2, 0) is 12.8 Å². The lowest BCUT2D eigenvalue weighted by Crippen LogP contribution is -1.89. The number of hydrogen-bond acceptors (Lipinski definition) is 1. The Morgan fingerprint density at radius 3 is 1.71 bits per heavy atom. The lowest BCUT2D eigenvalue weighted by molar-refractivity contribution is 0.414. The summed E-state index contributed by atoms with van der Waals surface area (Å²) in [4.78, 5) is 0. The predicted octanol–water partition coefficient (Wildman–Crippen LogP) is 5.43. The first kappa shape index (κ1) is 15.6. The van der Waals surface area contributed by atoms with E-state index in [1.54, 1.807) is 7.11 Å². The number of aryl methyl sites for hydroxylation is 2. The second kappa shape index (κ2) is 9.23. The summed E-state index contributed by atoms with van der Waals surface area (Å²) in [6.45, 7) is 0. The Kier molecular flexibility index (Phi) is 6.87. The predicted molar refractivity (Wildman–Crippen MR) is 89.9 cm³/mol. The molecule has 0 saturated heterocycles. The highest BCUT2D eigenvalue weighted by atomic mass is 16.5. The van der Waals surface area contributed by atoms with Gasteiger partial charge in [0.25, 0.3) is 0 Å². The molecule has 0 aliphatic heterocycles. The molecule has 2 aromatic rings. The average molecular weight is 282 g/mol. The van der Waals surface area contributed by atoms with Crippen molar-refractivity contribution in [1.29, 1.82) is 0 Å².